The molecule has 1 fully saturated rings. The quantitative estimate of drug-likeness (QED) is 0.495. The van der Waals surface area contributed by atoms with Crippen LogP contribution in [-0.2, 0) is 4.79 Å². The zero-order valence-corrected chi connectivity index (χ0v) is 19.3. The van der Waals surface area contributed by atoms with E-state index >= 15 is 0 Å². The first-order valence-electron chi connectivity index (χ1n) is 10.6. The van der Waals surface area contributed by atoms with Crippen molar-refractivity contribution in [1.82, 2.24) is 9.80 Å². The Morgan fingerprint density at radius 3 is 2.03 bits per heavy atom. The Labute approximate surface area is 192 Å². The van der Waals surface area contributed by atoms with E-state index in [1.165, 1.54) is 11.1 Å². The van der Waals surface area contributed by atoms with Crippen LogP contribution in [0.15, 0.2) is 83.3 Å². The first-order valence-corrected chi connectivity index (χ1v) is 11.4. The van der Waals surface area contributed by atoms with Gasteiger partial charge in [-0.2, -0.15) is 0 Å². The van der Waals surface area contributed by atoms with Gasteiger partial charge in [-0.05, 0) is 51.7 Å². The van der Waals surface area contributed by atoms with Crippen LogP contribution < -0.4 is 4.74 Å². The van der Waals surface area contributed by atoms with Crippen molar-refractivity contribution in [2.45, 2.75) is 13.0 Å². The summed E-state index contributed by atoms with van der Waals surface area (Å²) in [7, 11) is 0. The summed E-state index contributed by atoms with van der Waals surface area (Å²) in [6.07, 6.45) is 0. The van der Waals surface area contributed by atoms with Crippen LogP contribution in [0.4, 0.5) is 0 Å². The fraction of sp³-hybridized carbons (Fsp3) is 0.269. The van der Waals surface area contributed by atoms with Gasteiger partial charge in [0.1, 0.15) is 5.75 Å². The van der Waals surface area contributed by atoms with Crippen LogP contribution in [0.25, 0.3) is 0 Å². The molecule has 160 valence electrons. The molecule has 3 aromatic carbocycles. The molecule has 4 rings (SSSR count). The van der Waals surface area contributed by atoms with E-state index in [4.69, 9.17) is 4.74 Å². The lowest BCUT2D eigenvalue weighted by Crippen LogP contribution is -2.51. The largest absolute Gasteiger partial charge is 0.483 e. The second kappa shape index (κ2) is 10.1. The van der Waals surface area contributed by atoms with Crippen LogP contribution in [0.2, 0.25) is 0 Å². The van der Waals surface area contributed by atoms with Gasteiger partial charge >= 0.3 is 0 Å². The van der Waals surface area contributed by atoms with Gasteiger partial charge in [0.05, 0.1) is 10.5 Å². The highest BCUT2D eigenvalue weighted by molar-refractivity contribution is 9.10. The summed E-state index contributed by atoms with van der Waals surface area (Å²) in [4.78, 5) is 17.1. The third-order valence-corrected chi connectivity index (χ3v) is 6.32. The van der Waals surface area contributed by atoms with Gasteiger partial charge in [0.15, 0.2) is 6.61 Å². The van der Waals surface area contributed by atoms with E-state index in [2.05, 4.69) is 81.5 Å². The van der Waals surface area contributed by atoms with E-state index in [9.17, 15) is 4.79 Å². The van der Waals surface area contributed by atoms with Gasteiger partial charge in [-0.1, -0.05) is 66.7 Å². The second-order valence-electron chi connectivity index (χ2n) is 7.86. The number of carbonyl (C=O) groups is 1. The van der Waals surface area contributed by atoms with E-state index in [0.717, 1.165) is 23.1 Å². The van der Waals surface area contributed by atoms with Crippen LogP contribution in [-0.4, -0.2) is 48.5 Å². The summed E-state index contributed by atoms with van der Waals surface area (Å²) >= 11 is 3.50. The van der Waals surface area contributed by atoms with E-state index in [1.54, 1.807) is 0 Å². The molecule has 0 radical (unpaired) electrons. The first kappa shape index (κ1) is 21.6. The van der Waals surface area contributed by atoms with E-state index in [-0.39, 0.29) is 18.6 Å². The standard InChI is InChI=1S/C26H27BrN2O2/c1-20-12-13-24(23(27)18-20)31-19-25(30)28-14-16-29(17-15-28)26(21-8-4-2-5-9-21)22-10-6-3-7-11-22/h2-13,18,26H,14-17,19H2,1H3. The summed E-state index contributed by atoms with van der Waals surface area (Å²) in [5, 5.41) is 0. The number of benzene rings is 3. The number of aryl methyl sites for hydroxylation is 1. The first-order chi connectivity index (χ1) is 15.1. The van der Waals surface area contributed by atoms with Crippen molar-refractivity contribution >= 4 is 21.8 Å². The molecule has 1 aliphatic rings. The summed E-state index contributed by atoms with van der Waals surface area (Å²) in [6.45, 7) is 5.14. The van der Waals surface area contributed by atoms with Gasteiger partial charge in [-0.3, -0.25) is 9.69 Å². The lowest BCUT2D eigenvalue weighted by atomic mass is 9.96. The maximum Gasteiger partial charge on any atom is 0.260 e. The fourth-order valence-electron chi connectivity index (χ4n) is 4.07. The maximum atomic E-state index is 12.7. The Bertz CT molecular complexity index is 963. The number of hydrogen-bond acceptors (Lipinski definition) is 3. The highest BCUT2D eigenvalue weighted by atomic mass is 79.9. The molecule has 0 aromatic heterocycles. The monoisotopic (exact) mass is 478 g/mol. The minimum Gasteiger partial charge on any atom is -0.483 e. The molecule has 3 aromatic rings. The lowest BCUT2D eigenvalue weighted by molar-refractivity contribution is -0.135. The topological polar surface area (TPSA) is 32.8 Å². The predicted molar refractivity (Wildman–Crippen MR) is 127 cm³/mol. The zero-order chi connectivity index (χ0) is 21.6. The molecule has 4 nitrogen and oxygen atoms in total. The Hall–Kier alpha value is -2.63. The summed E-state index contributed by atoms with van der Waals surface area (Å²) in [5.41, 5.74) is 3.70. The molecule has 0 N–H and O–H groups in total. The zero-order valence-electron chi connectivity index (χ0n) is 17.7. The third-order valence-electron chi connectivity index (χ3n) is 5.70. The van der Waals surface area contributed by atoms with Gasteiger partial charge in [0.2, 0.25) is 0 Å². The van der Waals surface area contributed by atoms with Crippen molar-refractivity contribution in [2.24, 2.45) is 0 Å². The molecule has 1 aliphatic heterocycles. The SMILES string of the molecule is Cc1ccc(OCC(=O)N2CCN(C(c3ccccc3)c3ccccc3)CC2)c(Br)c1. The number of carbonyl (C=O) groups excluding carboxylic acids is 1. The molecule has 1 heterocycles. The highest BCUT2D eigenvalue weighted by Crippen LogP contribution is 2.30. The number of amides is 1. The average molecular weight is 479 g/mol. The molecule has 0 unspecified atom stereocenters. The molecule has 0 spiro atoms. The molecule has 5 heteroatoms. The molecule has 0 atom stereocenters. The molecule has 1 amide bonds. The third kappa shape index (κ3) is 5.35. The predicted octanol–water partition coefficient (Wildman–Crippen LogP) is 5.07. The molecule has 1 saturated heterocycles. The average Bonchev–Trinajstić information content (AvgIpc) is 2.80. The molecule has 31 heavy (non-hydrogen) atoms. The normalized spacial score (nSPS) is 14.6. The van der Waals surface area contributed by atoms with Crippen LogP contribution in [0, 0.1) is 6.92 Å². The smallest absolute Gasteiger partial charge is 0.260 e. The Morgan fingerprint density at radius 2 is 1.48 bits per heavy atom. The van der Waals surface area contributed by atoms with E-state index < -0.39 is 0 Å². The lowest BCUT2D eigenvalue weighted by Gasteiger charge is -2.39. The van der Waals surface area contributed by atoms with Gasteiger partial charge in [0.25, 0.3) is 5.91 Å². The Morgan fingerprint density at radius 1 is 0.903 bits per heavy atom. The summed E-state index contributed by atoms with van der Waals surface area (Å²) in [5.74, 6) is 0.730. The summed E-state index contributed by atoms with van der Waals surface area (Å²) in [6, 6.07) is 27.3. The van der Waals surface area contributed by atoms with Crippen LogP contribution in [0.3, 0.4) is 0 Å². The number of piperazine rings is 1. The fourth-order valence-corrected chi connectivity index (χ4v) is 4.68. The van der Waals surface area contributed by atoms with Gasteiger partial charge < -0.3 is 9.64 Å². The minimum atomic E-state index is 0.0306. The van der Waals surface area contributed by atoms with Crippen LogP contribution in [0.1, 0.15) is 22.7 Å². The summed E-state index contributed by atoms with van der Waals surface area (Å²) < 4.78 is 6.64. The van der Waals surface area contributed by atoms with E-state index in [0.29, 0.717) is 18.8 Å². The molecular formula is C26H27BrN2O2. The van der Waals surface area contributed by atoms with Crippen molar-refractivity contribution in [3.63, 3.8) is 0 Å². The number of ether oxygens (including phenoxy) is 1. The Kier molecular flexibility index (Phi) is 7.05. The number of nitrogens with zero attached hydrogens (tertiary/aromatic N) is 2. The number of hydrogen-bond donors (Lipinski definition) is 0. The number of halogens is 1. The Balaban J connectivity index is 1.39. The van der Waals surface area contributed by atoms with Crippen molar-refractivity contribution < 1.29 is 9.53 Å². The van der Waals surface area contributed by atoms with Crippen molar-refractivity contribution in [3.05, 3.63) is 100 Å². The van der Waals surface area contributed by atoms with Crippen LogP contribution >= 0.6 is 15.9 Å². The van der Waals surface area contributed by atoms with Crippen molar-refractivity contribution in [3.8, 4) is 5.75 Å². The molecule has 0 aliphatic carbocycles. The van der Waals surface area contributed by atoms with E-state index in [1.807, 2.05) is 30.0 Å². The maximum absolute atomic E-state index is 12.7. The molecule has 0 saturated carbocycles. The van der Waals surface area contributed by atoms with Gasteiger partial charge in [0, 0.05) is 26.2 Å². The molecule has 0 bridgehead atoms. The van der Waals surface area contributed by atoms with Gasteiger partial charge in [-0.25, -0.2) is 0 Å². The minimum absolute atomic E-state index is 0.0306. The van der Waals surface area contributed by atoms with Crippen molar-refractivity contribution in [1.29, 1.82) is 0 Å². The molecular weight excluding hydrogens is 452 g/mol. The van der Waals surface area contributed by atoms with Crippen LogP contribution in [0.5, 0.6) is 5.75 Å². The van der Waals surface area contributed by atoms with Crippen molar-refractivity contribution in [2.75, 3.05) is 32.8 Å². The second-order valence-corrected chi connectivity index (χ2v) is 8.72. The number of rotatable bonds is 6. The van der Waals surface area contributed by atoms with Gasteiger partial charge in [-0.15, -0.1) is 0 Å². The highest BCUT2D eigenvalue weighted by Gasteiger charge is 2.28.